The van der Waals surface area contributed by atoms with E-state index in [1.165, 1.54) is 10.9 Å². The highest BCUT2D eigenvalue weighted by Gasteiger charge is 2.34. The molecule has 0 saturated carbocycles. The Morgan fingerprint density at radius 3 is 2.10 bits per heavy atom. The Morgan fingerprint density at radius 2 is 1.50 bits per heavy atom. The molecular formula is C50H68N10O7Si. The first kappa shape index (κ1) is 51.0. The summed E-state index contributed by atoms with van der Waals surface area (Å²) in [5.74, 6) is -1.51. The number of aliphatic hydroxyl groups excluding tert-OH is 1. The van der Waals surface area contributed by atoms with E-state index in [4.69, 9.17) is 15.2 Å². The van der Waals surface area contributed by atoms with Gasteiger partial charge < -0.3 is 30.7 Å². The standard InChI is InChI=1S/C21H25N5O2.C16H28N2O3Si.C13H15N3O2/c1-21(2)9-8-16-17(10-21)24-25-19(16)20(28)23-15-11-22-26(12-15)18(13-27)14-6-4-3-5-7-14;1-16(2)7-6-12-13(10-16)18(17-14(12)15(19)20)11-21-8-9-22(3,4)5;1-2-18-13(17)12(10-6-4-3-5-7-10)16-9-11(14)8-15-16/h3-7,11-12,18,27H,8-10,13H2,1-2H3,(H,23,28)(H,24,25);6-11H2,1-5H3,(H,19,20);3-9,12H,2,14H2,1H3. The highest BCUT2D eigenvalue weighted by molar-refractivity contribution is 6.76. The Bertz CT molecular complexity index is 2610. The topological polar surface area (TPSA) is 230 Å². The summed E-state index contributed by atoms with van der Waals surface area (Å²) < 4.78 is 15.8. The second kappa shape index (κ2) is 22.2. The van der Waals surface area contributed by atoms with E-state index in [0.717, 1.165) is 84.8 Å². The molecule has 0 fully saturated rings. The van der Waals surface area contributed by atoms with Crippen molar-refractivity contribution in [2.75, 3.05) is 30.9 Å². The van der Waals surface area contributed by atoms with E-state index in [1.807, 2.05) is 60.7 Å². The van der Waals surface area contributed by atoms with Gasteiger partial charge in [0, 0.05) is 49.6 Å². The fourth-order valence-electron chi connectivity index (χ4n) is 8.37. The molecule has 2 aliphatic rings. The summed E-state index contributed by atoms with van der Waals surface area (Å²) in [6.45, 7) is 19.0. The molecular weight excluding hydrogens is 881 g/mol. The van der Waals surface area contributed by atoms with Crippen LogP contribution in [0.3, 0.4) is 0 Å². The molecule has 0 spiro atoms. The van der Waals surface area contributed by atoms with Crippen LogP contribution >= 0.6 is 0 Å². The Kier molecular flexibility index (Phi) is 16.6. The van der Waals surface area contributed by atoms with Crippen molar-refractivity contribution in [3.05, 3.63) is 130 Å². The lowest BCUT2D eigenvalue weighted by atomic mass is 9.76. The number of aliphatic hydroxyl groups is 1. The van der Waals surface area contributed by atoms with Crippen molar-refractivity contribution < 1.29 is 34.1 Å². The summed E-state index contributed by atoms with van der Waals surface area (Å²) in [6, 6.07) is 19.2. The summed E-state index contributed by atoms with van der Waals surface area (Å²) in [5, 5.41) is 42.0. The molecule has 6 aromatic rings. The third kappa shape index (κ3) is 13.4. The molecule has 4 aromatic heterocycles. The molecule has 68 heavy (non-hydrogen) atoms. The molecule has 1 amide bonds. The number of carbonyl (C=O) groups is 3. The quantitative estimate of drug-likeness (QED) is 0.0375. The Hall–Kier alpha value is -6.37. The number of aromatic carboxylic acids is 1. The smallest absolute Gasteiger partial charge is 0.356 e. The molecule has 4 heterocycles. The number of H-pyrrole nitrogens is 1. The summed E-state index contributed by atoms with van der Waals surface area (Å²) >= 11 is 0. The molecule has 8 rings (SSSR count). The number of aromatic nitrogens is 8. The number of fused-ring (bicyclic) bond motifs is 2. The predicted molar refractivity (Wildman–Crippen MR) is 263 cm³/mol. The number of nitrogens with zero attached hydrogens (tertiary/aromatic N) is 7. The number of hydrogen-bond acceptors (Lipinski definition) is 11. The maximum Gasteiger partial charge on any atom is 0.356 e. The highest BCUT2D eigenvalue weighted by Crippen LogP contribution is 2.37. The molecule has 0 radical (unpaired) electrons. The van der Waals surface area contributed by atoms with Crippen LogP contribution in [0.25, 0.3) is 0 Å². The van der Waals surface area contributed by atoms with Crippen LogP contribution in [0.2, 0.25) is 25.7 Å². The van der Waals surface area contributed by atoms with Gasteiger partial charge >= 0.3 is 11.9 Å². The van der Waals surface area contributed by atoms with Gasteiger partial charge in [0.2, 0.25) is 0 Å². The first-order chi connectivity index (χ1) is 32.3. The minimum Gasteiger partial charge on any atom is -0.476 e. The zero-order chi connectivity index (χ0) is 49.2. The molecule has 0 saturated heterocycles. The lowest BCUT2D eigenvalue weighted by Gasteiger charge is -2.30. The second-order valence-electron chi connectivity index (χ2n) is 20.2. The van der Waals surface area contributed by atoms with E-state index in [1.54, 1.807) is 34.9 Å². The molecule has 0 aliphatic heterocycles. The van der Waals surface area contributed by atoms with Crippen molar-refractivity contribution in [2.24, 2.45) is 10.8 Å². The van der Waals surface area contributed by atoms with Crippen molar-refractivity contribution in [1.82, 2.24) is 39.5 Å². The summed E-state index contributed by atoms with van der Waals surface area (Å²) in [7, 11) is -1.11. The molecule has 18 heteroatoms. The highest BCUT2D eigenvalue weighted by atomic mass is 28.3. The molecule has 6 N–H and O–H groups in total. The number of carboxylic acids is 1. The molecule has 2 unspecified atom stereocenters. The lowest BCUT2D eigenvalue weighted by molar-refractivity contribution is -0.146. The van der Waals surface area contributed by atoms with Crippen molar-refractivity contribution in [3.8, 4) is 0 Å². The van der Waals surface area contributed by atoms with Gasteiger partial charge in [-0.25, -0.2) is 14.3 Å². The van der Waals surface area contributed by atoms with E-state index in [0.29, 0.717) is 30.4 Å². The third-order valence-electron chi connectivity index (χ3n) is 12.2. The monoisotopic (exact) mass is 949 g/mol. The molecule has 2 atom stereocenters. The van der Waals surface area contributed by atoms with Crippen molar-refractivity contribution in [1.29, 1.82) is 0 Å². The number of nitrogens with one attached hydrogen (secondary N) is 2. The molecule has 364 valence electrons. The van der Waals surface area contributed by atoms with Crippen LogP contribution in [-0.2, 0) is 46.7 Å². The van der Waals surface area contributed by atoms with E-state index < -0.39 is 20.1 Å². The summed E-state index contributed by atoms with van der Waals surface area (Å²) in [6.07, 6.45) is 11.9. The largest absolute Gasteiger partial charge is 0.476 e. The number of nitrogen functional groups attached to an aromatic ring is 1. The minimum atomic E-state index is -1.11. The van der Waals surface area contributed by atoms with E-state index >= 15 is 0 Å². The SMILES string of the molecule is CC1(C)CCc2c(C(=O)Nc3cnn(C(CO)c4ccccc4)c3)n[nH]c2C1.CC1(C)CCc2c(C(=O)O)nn(COCC[Si](C)(C)C)c2C1.CCOC(=O)C(c1ccccc1)n1cc(N)cn1. The number of carbonyl (C=O) groups excluding carboxylic acids is 2. The molecule has 2 aliphatic carbocycles. The van der Waals surface area contributed by atoms with Crippen LogP contribution in [0.5, 0.6) is 0 Å². The first-order valence-electron chi connectivity index (χ1n) is 23.3. The van der Waals surface area contributed by atoms with Gasteiger partial charge in [0.25, 0.3) is 5.91 Å². The second-order valence-corrected chi connectivity index (χ2v) is 25.9. The van der Waals surface area contributed by atoms with Crippen LogP contribution < -0.4 is 11.1 Å². The number of amides is 1. The van der Waals surface area contributed by atoms with Crippen LogP contribution in [-0.4, -0.2) is 95.5 Å². The fourth-order valence-corrected chi connectivity index (χ4v) is 9.13. The normalized spacial score (nSPS) is 15.5. The first-order valence-corrected chi connectivity index (χ1v) is 27.0. The summed E-state index contributed by atoms with van der Waals surface area (Å²) in [5.41, 5.74) is 13.6. The van der Waals surface area contributed by atoms with Crippen molar-refractivity contribution in [2.45, 2.75) is 118 Å². The van der Waals surface area contributed by atoms with Gasteiger partial charge in [-0.15, -0.1) is 0 Å². The average Bonchev–Trinajstić information content (AvgIpc) is 4.10. The number of benzene rings is 2. The van der Waals surface area contributed by atoms with Gasteiger partial charge in [-0.3, -0.25) is 19.3 Å². The number of ether oxygens (including phenoxy) is 2. The Balaban J connectivity index is 0.000000173. The van der Waals surface area contributed by atoms with Crippen LogP contribution in [0.1, 0.15) is 114 Å². The maximum absolute atomic E-state index is 12.7. The number of rotatable bonds is 15. The fraction of sp³-hybridized carbons (Fsp3) is 0.460. The number of hydrogen-bond donors (Lipinski definition) is 5. The maximum atomic E-state index is 12.7. The number of anilines is 2. The number of aromatic amines is 1. The minimum absolute atomic E-state index is 0.0816. The van der Waals surface area contributed by atoms with Gasteiger partial charge in [0.05, 0.1) is 43.0 Å². The van der Waals surface area contributed by atoms with Crippen LogP contribution in [0.4, 0.5) is 11.4 Å². The predicted octanol–water partition coefficient (Wildman–Crippen LogP) is 7.98. The van der Waals surface area contributed by atoms with Crippen LogP contribution in [0, 0.1) is 10.8 Å². The van der Waals surface area contributed by atoms with Crippen molar-refractivity contribution >= 4 is 37.3 Å². The summed E-state index contributed by atoms with van der Waals surface area (Å²) in [4.78, 5) is 36.2. The molecule has 0 bridgehead atoms. The third-order valence-corrected chi connectivity index (χ3v) is 13.9. The van der Waals surface area contributed by atoms with Gasteiger partial charge in [-0.1, -0.05) is 108 Å². The van der Waals surface area contributed by atoms with Gasteiger partial charge in [-0.2, -0.15) is 20.4 Å². The Labute approximate surface area is 399 Å². The molecule has 2 aromatic carbocycles. The van der Waals surface area contributed by atoms with Crippen LogP contribution in [0.15, 0.2) is 85.5 Å². The molecule has 17 nitrogen and oxygen atoms in total. The lowest BCUT2D eigenvalue weighted by Crippen LogP contribution is -2.25. The van der Waals surface area contributed by atoms with Gasteiger partial charge in [0.1, 0.15) is 6.73 Å². The average molecular weight is 949 g/mol. The van der Waals surface area contributed by atoms with Gasteiger partial charge in [0.15, 0.2) is 17.4 Å². The van der Waals surface area contributed by atoms with E-state index in [2.05, 4.69) is 78.1 Å². The van der Waals surface area contributed by atoms with E-state index in [9.17, 15) is 24.6 Å². The number of carboxylic acid groups (broad SMARTS) is 1. The van der Waals surface area contributed by atoms with Crippen molar-refractivity contribution in [3.63, 3.8) is 0 Å². The zero-order valence-corrected chi connectivity index (χ0v) is 41.7. The van der Waals surface area contributed by atoms with Gasteiger partial charge in [-0.05, 0) is 73.4 Å². The zero-order valence-electron chi connectivity index (χ0n) is 40.7. The Morgan fingerprint density at radius 1 is 0.868 bits per heavy atom. The number of esters is 1. The number of nitrogens with two attached hydrogens (primary N) is 1. The van der Waals surface area contributed by atoms with E-state index in [-0.39, 0.29) is 41.0 Å².